The van der Waals surface area contributed by atoms with Crippen LogP contribution in [0.1, 0.15) is 17.0 Å². The lowest BCUT2D eigenvalue weighted by atomic mass is 9.98. The fourth-order valence-electron chi connectivity index (χ4n) is 2.57. The average molecular weight is 273 g/mol. The van der Waals surface area contributed by atoms with Crippen LogP contribution in [0.15, 0.2) is 48.5 Å². The van der Waals surface area contributed by atoms with Crippen molar-refractivity contribution in [1.29, 1.82) is 5.26 Å². The Hall–Kier alpha value is -2.86. The molecule has 0 saturated heterocycles. The Balaban J connectivity index is 2.00. The number of hydrogen-bond donors (Lipinski definition) is 1. The first-order chi connectivity index (χ1) is 10.2. The van der Waals surface area contributed by atoms with Crippen LogP contribution < -0.4 is 0 Å². The van der Waals surface area contributed by atoms with Crippen LogP contribution in [0.4, 0.5) is 0 Å². The third-order valence-corrected chi connectivity index (χ3v) is 3.63. The number of nitriles is 1. The van der Waals surface area contributed by atoms with E-state index in [9.17, 15) is 0 Å². The number of aryl methyl sites for hydroxylation is 2. The molecule has 0 atom stereocenters. The van der Waals surface area contributed by atoms with Crippen molar-refractivity contribution in [3.63, 3.8) is 0 Å². The second-order valence-corrected chi connectivity index (χ2v) is 5.08. The summed E-state index contributed by atoms with van der Waals surface area (Å²) < 4.78 is 0. The molecule has 1 N–H and O–H groups in total. The molecular weight excluding hydrogens is 258 g/mol. The molecule has 1 aromatic heterocycles. The monoisotopic (exact) mass is 273 g/mol. The van der Waals surface area contributed by atoms with Crippen molar-refractivity contribution in [3.8, 4) is 28.3 Å². The van der Waals surface area contributed by atoms with E-state index in [2.05, 4.69) is 40.5 Å². The Morgan fingerprint density at radius 1 is 0.952 bits per heavy atom. The zero-order valence-corrected chi connectivity index (χ0v) is 12.0. The zero-order valence-electron chi connectivity index (χ0n) is 12.0. The van der Waals surface area contributed by atoms with Crippen molar-refractivity contribution in [2.45, 2.75) is 13.8 Å². The summed E-state index contributed by atoms with van der Waals surface area (Å²) in [6, 6.07) is 18.2. The maximum atomic E-state index is 8.98. The van der Waals surface area contributed by atoms with Crippen LogP contribution in [0.2, 0.25) is 0 Å². The van der Waals surface area contributed by atoms with Crippen molar-refractivity contribution >= 4 is 0 Å². The summed E-state index contributed by atoms with van der Waals surface area (Å²) >= 11 is 0. The van der Waals surface area contributed by atoms with Crippen molar-refractivity contribution in [3.05, 3.63) is 65.5 Å². The third kappa shape index (κ3) is 2.44. The number of aromatic amines is 1. The van der Waals surface area contributed by atoms with Gasteiger partial charge in [-0.25, -0.2) is 0 Å². The zero-order chi connectivity index (χ0) is 14.8. The Kier molecular flexibility index (Phi) is 3.29. The van der Waals surface area contributed by atoms with E-state index in [0.29, 0.717) is 5.56 Å². The van der Waals surface area contributed by atoms with E-state index in [1.54, 1.807) is 0 Å². The summed E-state index contributed by atoms with van der Waals surface area (Å²) in [5, 5.41) is 16.2. The lowest BCUT2D eigenvalue weighted by Crippen LogP contribution is -1.84. The molecule has 0 radical (unpaired) electrons. The maximum absolute atomic E-state index is 8.98. The lowest BCUT2D eigenvalue weighted by molar-refractivity contribution is 1.02. The summed E-state index contributed by atoms with van der Waals surface area (Å²) in [6.07, 6.45) is 0. The predicted octanol–water partition coefficient (Wildman–Crippen LogP) is 4.23. The van der Waals surface area contributed by atoms with E-state index < -0.39 is 0 Å². The SMILES string of the molecule is Cc1n[nH]c(C)c1-c1ccc(-c2cccc(C#N)c2)cc1. The molecule has 21 heavy (non-hydrogen) atoms. The molecule has 0 bridgehead atoms. The highest BCUT2D eigenvalue weighted by molar-refractivity contribution is 5.73. The fraction of sp³-hybridized carbons (Fsp3) is 0.111. The largest absolute Gasteiger partial charge is 0.282 e. The number of hydrogen-bond acceptors (Lipinski definition) is 2. The van der Waals surface area contributed by atoms with Crippen LogP contribution in [0.3, 0.4) is 0 Å². The van der Waals surface area contributed by atoms with Crippen molar-refractivity contribution in [2.75, 3.05) is 0 Å². The van der Waals surface area contributed by atoms with Crippen LogP contribution >= 0.6 is 0 Å². The van der Waals surface area contributed by atoms with Gasteiger partial charge in [0.1, 0.15) is 0 Å². The lowest BCUT2D eigenvalue weighted by Gasteiger charge is -2.05. The number of benzene rings is 2. The van der Waals surface area contributed by atoms with Gasteiger partial charge in [-0.2, -0.15) is 10.4 Å². The first kappa shape index (κ1) is 13.1. The van der Waals surface area contributed by atoms with E-state index >= 15 is 0 Å². The van der Waals surface area contributed by atoms with E-state index in [-0.39, 0.29) is 0 Å². The number of nitrogens with zero attached hydrogens (tertiary/aromatic N) is 2. The van der Waals surface area contributed by atoms with Crippen LogP contribution in [-0.2, 0) is 0 Å². The standard InChI is InChI=1S/C18H15N3/c1-12-18(13(2)21-20-12)16-8-6-15(7-9-16)17-5-3-4-14(10-17)11-19/h3-10H,1-2H3,(H,20,21). The van der Waals surface area contributed by atoms with Gasteiger partial charge in [0.2, 0.25) is 0 Å². The highest BCUT2D eigenvalue weighted by atomic mass is 15.1. The molecule has 3 nitrogen and oxygen atoms in total. The number of H-pyrrole nitrogens is 1. The third-order valence-electron chi connectivity index (χ3n) is 3.63. The van der Waals surface area contributed by atoms with E-state index in [4.69, 9.17) is 5.26 Å². The number of nitrogens with one attached hydrogen (secondary N) is 1. The van der Waals surface area contributed by atoms with E-state index in [1.165, 1.54) is 0 Å². The molecule has 0 aliphatic heterocycles. The Labute approximate surface area is 123 Å². The molecule has 0 unspecified atom stereocenters. The van der Waals surface area contributed by atoms with Gasteiger partial charge >= 0.3 is 0 Å². The molecule has 3 aromatic rings. The van der Waals surface area contributed by atoms with Crippen LogP contribution in [-0.4, -0.2) is 10.2 Å². The highest BCUT2D eigenvalue weighted by Crippen LogP contribution is 2.28. The minimum Gasteiger partial charge on any atom is -0.282 e. The van der Waals surface area contributed by atoms with Gasteiger partial charge in [0.25, 0.3) is 0 Å². The normalized spacial score (nSPS) is 10.3. The first-order valence-electron chi connectivity index (χ1n) is 6.81. The highest BCUT2D eigenvalue weighted by Gasteiger charge is 2.09. The summed E-state index contributed by atoms with van der Waals surface area (Å²) in [5.41, 5.74) is 7.23. The van der Waals surface area contributed by atoms with Crippen LogP contribution in [0, 0.1) is 25.2 Å². The summed E-state index contributed by atoms with van der Waals surface area (Å²) in [4.78, 5) is 0. The molecule has 1 heterocycles. The fourth-order valence-corrected chi connectivity index (χ4v) is 2.57. The van der Waals surface area contributed by atoms with Crippen molar-refractivity contribution < 1.29 is 0 Å². The minimum absolute atomic E-state index is 0.679. The number of aromatic nitrogens is 2. The van der Waals surface area contributed by atoms with Crippen LogP contribution in [0.5, 0.6) is 0 Å². The van der Waals surface area contributed by atoms with Gasteiger partial charge in [-0.15, -0.1) is 0 Å². The molecule has 102 valence electrons. The first-order valence-corrected chi connectivity index (χ1v) is 6.81. The molecule has 3 rings (SSSR count). The van der Waals surface area contributed by atoms with Gasteiger partial charge in [-0.05, 0) is 42.7 Å². The Morgan fingerprint density at radius 3 is 2.29 bits per heavy atom. The molecular formula is C18H15N3. The molecule has 0 spiro atoms. The average Bonchev–Trinajstić information content (AvgIpc) is 2.86. The Bertz CT molecular complexity index is 801. The molecule has 0 aliphatic carbocycles. The van der Waals surface area contributed by atoms with E-state index in [1.807, 2.05) is 38.1 Å². The minimum atomic E-state index is 0.679. The van der Waals surface area contributed by atoms with E-state index in [0.717, 1.165) is 33.6 Å². The van der Waals surface area contributed by atoms with Crippen LogP contribution in [0.25, 0.3) is 22.3 Å². The van der Waals surface area contributed by atoms with Gasteiger partial charge in [0.15, 0.2) is 0 Å². The molecule has 0 aliphatic rings. The summed E-state index contributed by atoms with van der Waals surface area (Å²) in [6.45, 7) is 4.03. The topological polar surface area (TPSA) is 52.5 Å². The van der Waals surface area contributed by atoms with Gasteiger partial charge < -0.3 is 0 Å². The van der Waals surface area contributed by atoms with Crippen molar-refractivity contribution in [1.82, 2.24) is 10.2 Å². The number of rotatable bonds is 2. The predicted molar refractivity (Wildman–Crippen MR) is 83.6 cm³/mol. The maximum Gasteiger partial charge on any atom is 0.0991 e. The summed E-state index contributed by atoms with van der Waals surface area (Å²) in [5.74, 6) is 0. The smallest absolute Gasteiger partial charge is 0.0991 e. The second kappa shape index (κ2) is 5.26. The van der Waals surface area contributed by atoms with Gasteiger partial charge in [-0.1, -0.05) is 36.4 Å². The van der Waals surface area contributed by atoms with Gasteiger partial charge in [-0.3, -0.25) is 5.10 Å². The summed E-state index contributed by atoms with van der Waals surface area (Å²) in [7, 11) is 0. The molecule has 2 aromatic carbocycles. The quantitative estimate of drug-likeness (QED) is 0.759. The molecule has 3 heteroatoms. The molecule has 0 fully saturated rings. The van der Waals surface area contributed by atoms with Gasteiger partial charge in [0.05, 0.1) is 17.3 Å². The van der Waals surface area contributed by atoms with Crippen molar-refractivity contribution in [2.24, 2.45) is 0 Å². The second-order valence-electron chi connectivity index (χ2n) is 5.08. The molecule has 0 saturated carbocycles. The Morgan fingerprint density at radius 2 is 1.67 bits per heavy atom. The molecule has 0 amide bonds. The van der Waals surface area contributed by atoms with Gasteiger partial charge in [0, 0.05) is 11.3 Å².